The third-order valence-electron chi connectivity index (χ3n) is 4.98. The van der Waals surface area contributed by atoms with Crippen LogP contribution in [0.25, 0.3) is 22.0 Å². The van der Waals surface area contributed by atoms with E-state index < -0.39 is 17.7 Å². The molecule has 6 heteroatoms. The fourth-order valence-electron chi connectivity index (χ4n) is 3.46. The molecule has 3 aromatic rings. The minimum Gasteiger partial charge on any atom is -0.481 e. The molecule has 1 N–H and O–H groups in total. The van der Waals surface area contributed by atoms with E-state index in [0.717, 1.165) is 29.6 Å². The van der Waals surface area contributed by atoms with Crippen LogP contribution in [0.15, 0.2) is 48.7 Å². The zero-order valence-electron chi connectivity index (χ0n) is 14.5. The fourth-order valence-corrected chi connectivity index (χ4v) is 3.46. The van der Waals surface area contributed by atoms with Crippen molar-refractivity contribution in [1.29, 1.82) is 0 Å². The predicted molar refractivity (Wildman–Crippen MR) is 96.4 cm³/mol. The van der Waals surface area contributed by atoms with Crippen LogP contribution in [0, 0.1) is 5.92 Å². The molecule has 1 aromatic heterocycles. The van der Waals surface area contributed by atoms with Crippen LogP contribution < -0.4 is 0 Å². The number of hydrogen-bond donors (Lipinski definition) is 1. The third kappa shape index (κ3) is 3.70. The monoisotopic (exact) mass is 373 g/mol. The molecular formula is C21H18F3NO2. The summed E-state index contributed by atoms with van der Waals surface area (Å²) in [5.41, 5.74) is 2.02. The number of hydrogen-bond acceptors (Lipinski definition) is 1. The SMILES string of the molecule is O=C(O)Cc1cn(CC2CC2)c2ccc(-c3cccc(C(F)(F)F)c3)cc12. The lowest BCUT2D eigenvalue weighted by atomic mass is 10.00. The lowest BCUT2D eigenvalue weighted by molar-refractivity contribution is -0.138. The quantitative estimate of drug-likeness (QED) is 0.654. The number of aliphatic carboxylic acids is 1. The van der Waals surface area contributed by atoms with Crippen molar-refractivity contribution in [2.24, 2.45) is 5.92 Å². The van der Waals surface area contributed by atoms with Gasteiger partial charge in [-0.25, -0.2) is 0 Å². The Hall–Kier alpha value is -2.76. The maximum atomic E-state index is 13.0. The second-order valence-corrected chi connectivity index (χ2v) is 7.13. The van der Waals surface area contributed by atoms with Gasteiger partial charge in [-0.3, -0.25) is 4.79 Å². The van der Waals surface area contributed by atoms with Crippen molar-refractivity contribution < 1.29 is 23.1 Å². The van der Waals surface area contributed by atoms with Crippen LogP contribution in [-0.2, 0) is 23.9 Å². The summed E-state index contributed by atoms with van der Waals surface area (Å²) < 4.78 is 41.1. The molecule has 2 aromatic carbocycles. The van der Waals surface area contributed by atoms with Crippen molar-refractivity contribution in [3.05, 3.63) is 59.8 Å². The molecule has 0 spiro atoms. The standard InChI is InChI=1S/C21H18F3NO2/c22-21(23,24)17-3-1-2-14(8-17)15-6-7-19-18(9-15)16(10-20(26)27)12-25(19)11-13-4-5-13/h1-3,6-9,12-13H,4-5,10-11H2,(H,26,27). The Kier molecular flexibility index (Phi) is 4.21. The molecule has 0 radical (unpaired) electrons. The van der Waals surface area contributed by atoms with E-state index in [2.05, 4.69) is 4.57 Å². The van der Waals surface area contributed by atoms with Gasteiger partial charge in [-0.05, 0) is 59.7 Å². The van der Waals surface area contributed by atoms with Gasteiger partial charge < -0.3 is 9.67 Å². The molecule has 0 bridgehead atoms. The number of aromatic nitrogens is 1. The molecule has 3 nitrogen and oxygen atoms in total. The van der Waals surface area contributed by atoms with Gasteiger partial charge in [-0.15, -0.1) is 0 Å². The highest BCUT2D eigenvalue weighted by Crippen LogP contribution is 2.36. The molecule has 0 atom stereocenters. The van der Waals surface area contributed by atoms with Crippen LogP contribution in [0.3, 0.4) is 0 Å². The molecule has 1 saturated carbocycles. The lowest BCUT2D eigenvalue weighted by Gasteiger charge is -2.10. The molecule has 140 valence electrons. The fraction of sp³-hybridized carbons (Fsp3) is 0.286. The van der Waals surface area contributed by atoms with Gasteiger partial charge in [0.05, 0.1) is 12.0 Å². The van der Waals surface area contributed by atoms with Gasteiger partial charge in [0.2, 0.25) is 0 Å². The Labute approximate surface area is 154 Å². The molecule has 1 fully saturated rings. The molecular weight excluding hydrogens is 355 g/mol. The van der Waals surface area contributed by atoms with Crippen molar-refractivity contribution in [3.63, 3.8) is 0 Å². The van der Waals surface area contributed by atoms with Crippen LogP contribution in [0.5, 0.6) is 0 Å². The number of alkyl halides is 3. The Balaban J connectivity index is 1.80. The van der Waals surface area contributed by atoms with E-state index in [-0.39, 0.29) is 6.42 Å². The van der Waals surface area contributed by atoms with Crippen LogP contribution in [-0.4, -0.2) is 15.6 Å². The van der Waals surface area contributed by atoms with E-state index >= 15 is 0 Å². The summed E-state index contributed by atoms with van der Waals surface area (Å²) in [6.45, 7) is 0.846. The molecule has 0 unspecified atom stereocenters. The van der Waals surface area contributed by atoms with Crippen molar-refractivity contribution >= 4 is 16.9 Å². The first-order chi connectivity index (χ1) is 12.8. The Morgan fingerprint density at radius 2 is 1.85 bits per heavy atom. The number of carboxylic acid groups (broad SMARTS) is 1. The van der Waals surface area contributed by atoms with Gasteiger partial charge in [0, 0.05) is 23.6 Å². The van der Waals surface area contributed by atoms with Crippen molar-refractivity contribution in [1.82, 2.24) is 4.57 Å². The topological polar surface area (TPSA) is 42.2 Å². The number of rotatable bonds is 5. The normalized spacial score (nSPS) is 14.6. The van der Waals surface area contributed by atoms with E-state index in [9.17, 15) is 23.1 Å². The molecule has 1 heterocycles. The molecule has 0 saturated heterocycles. The number of nitrogens with zero attached hydrogens (tertiary/aromatic N) is 1. The lowest BCUT2D eigenvalue weighted by Crippen LogP contribution is -2.04. The average molecular weight is 373 g/mol. The summed E-state index contributed by atoms with van der Waals surface area (Å²) >= 11 is 0. The second kappa shape index (κ2) is 6.44. The average Bonchev–Trinajstić information content (AvgIpc) is 3.37. The van der Waals surface area contributed by atoms with Crippen molar-refractivity contribution in [2.45, 2.75) is 32.0 Å². The highest BCUT2D eigenvalue weighted by atomic mass is 19.4. The minimum atomic E-state index is -4.40. The first-order valence-electron chi connectivity index (χ1n) is 8.82. The number of halogens is 3. The number of carbonyl (C=O) groups is 1. The maximum Gasteiger partial charge on any atom is 0.416 e. The van der Waals surface area contributed by atoms with E-state index in [1.807, 2.05) is 12.3 Å². The largest absolute Gasteiger partial charge is 0.481 e. The zero-order chi connectivity index (χ0) is 19.2. The summed E-state index contributed by atoms with van der Waals surface area (Å²) in [4.78, 5) is 11.2. The van der Waals surface area contributed by atoms with Gasteiger partial charge in [0.1, 0.15) is 0 Å². The van der Waals surface area contributed by atoms with Gasteiger partial charge in [0.25, 0.3) is 0 Å². The molecule has 27 heavy (non-hydrogen) atoms. The van der Waals surface area contributed by atoms with E-state index in [4.69, 9.17) is 0 Å². The van der Waals surface area contributed by atoms with Gasteiger partial charge >= 0.3 is 12.1 Å². The van der Waals surface area contributed by atoms with Gasteiger partial charge in [0.15, 0.2) is 0 Å². The van der Waals surface area contributed by atoms with Crippen LogP contribution in [0.4, 0.5) is 13.2 Å². The van der Waals surface area contributed by atoms with E-state index in [1.54, 1.807) is 18.2 Å². The molecule has 4 rings (SSSR count). The first-order valence-corrected chi connectivity index (χ1v) is 8.82. The number of fused-ring (bicyclic) bond motifs is 1. The van der Waals surface area contributed by atoms with Crippen LogP contribution in [0.1, 0.15) is 24.0 Å². The first kappa shape index (κ1) is 17.6. The summed E-state index contributed by atoms with van der Waals surface area (Å²) in [7, 11) is 0. The number of benzene rings is 2. The highest BCUT2D eigenvalue weighted by Gasteiger charge is 2.30. The highest BCUT2D eigenvalue weighted by molar-refractivity contribution is 5.91. The Morgan fingerprint density at radius 3 is 2.52 bits per heavy atom. The van der Waals surface area contributed by atoms with Crippen LogP contribution >= 0.6 is 0 Å². The van der Waals surface area contributed by atoms with E-state index in [1.165, 1.54) is 18.9 Å². The third-order valence-corrected chi connectivity index (χ3v) is 4.98. The number of carboxylic acids is 1. The van der Waals surface area contributed by atoms with Crippen molar-refractivity contribution in [3.8, 4) is 11.1 Å². The molecule has 0 amide bonds. The van der Waals surface area contributed by atoms with Crippen molar-refractivity contribution in [2.75, 3.05) is 0 Å². The zero-order valence-corrected chi connectivity index (χ0v) is 14.5. The second-order valence-electron chi connectivity index (χ2n) is 7.13. The summed E-state index contributed by atoms with van der Waals surface area (Å²) in [5, 5.41) is 9.99. The predicted octanol–water partition coefficient (Wildman–Crippen LogP) is 5.36. The summed E-state index contributed by atoms with van der Waals surface area (Å²) in [6, 6.07) is 10.7. The molecule has 1 aliphatic carbocycles. The smallest absolute Gasteiger partial charge is 0.416 e. The van der Waals surface area contributed by atoms with Crippen LogP contribution in [0.2, 0.25) is 0 Å². The minimum absolute atomic E-state index is 0.111. The van der Waals surface area contributed by atoms with Gasteiger partial charge in [-0.2, -0.15) is 13.2 Å². The summed E-state index contributed by atoms with van der Waals surface area (Å²) in [5.74, 6) is -0.300. The van der Waals surface area contributed by atoms with Gasteiger partial charge in [-0.1, -0.05) is 18.2 Å². The Bertz CT molecular complexity index is 1020. The Morgan fingerprint density at radius 1 is 1.11 bits per heavy atom. The maximum absolute atomic E-state index is 13.0. The summed E-state index contributed by atoms with van der Waals surface area (Å²) in [6.07, 6.45) is -0.290. The molecule has 0 aliphatic heterocycles. The molecule has 1 aliphatic rings. The van der Waals surface area contributed by atoms with E-state index in [0.29, 0.717) is 22.6 Å².